The summed E-state index contributed by atoms with van der Waals surface area (Å²) < 4.78 is 21.3. The minimum atomic E-state index is -0.320. The van der Waals surface area contributed by atoms with Gasteiger partial charge in [-0.2, -0.15) is 9.97 Å². The first-order valence-corrected chi connectivity index (χ1v) is 14.9. The van der Waals surface area contributed by atoms with Gasteiger partial charge in [0.25, 0.3) is 5.91 Å². The zero-order valence-corrected chi connectivity index (χ0v) is 23.4. The van der Waals surface area contributed by atoms with E-state index in [1.807, 2.05) is 6.92 Å². The molecule has 41 heavy (non-hydrogen) atoms. The molecule has 4 fully saturated rings. The first-order chi connectivity index (χ1) is 19.9. The molecule has 0 radical (unpaired) electrons. The molecule has 5 aliphatic rings. The molecule has 1 amide bonds. The van der Waals surface area contributed by atoms with Crippen LogP contribution in [0.3, 0.4) is 0 Å². The Labute approximate surface area is 238 Å². The Kier molecular flexibility index (Phi) is 5.54. The first-order valence-electron chi connectivity index (χ1n) is 14.9. The summed E-state index contributed by atoms with van der Waals surface area (Å²) in [6, 6.07) is 6.56. The molecule has 8 rings (SSSR count). The average Bonchev–Trinajstić information content (AvgIpc) is 3.58. The number of phenols is 1. The number of nitrogens with one attached hydrogen (secondary N) is 1. The summed E-state index contributed by atoms with van der Waals surface area (Å²) in [5.74, 6) is 0.0937. The van der Waals surface area contributed by atoms with Gasteiger partial charge in [-0.1, -0.05) is 13.0 Å². The number of aromatic hydroxyl groups is 1. The smallest absolute Gasteiger partial charge is 0.318 e. The van der Waals surface area contributed by atoms with Gasteiger partial charge in [0, 0.05) is 43.0 Å². The fourth-order valence-electron chi connectivity index (χ4n) is 7.96. The average molecular weight is 559 g/mol. The lowest BCUT2D eigenvalue weighted by molar-refractivity contribution is 0.0988. The van der Waals surface area contributed by atoms with Crippen molar-refractivity contribution in [2.24, 2.45) is 5.41 Å². The number of anilines is 2. The van der Waals surface area contributed by atoms with Crippen LogP contribution >= 0.6 is 0 Å². The summed E-state index contributed by atoms with van der Waals surface area (Å²) in [6.07, 6.45) is 5.08. The van der Waals surface area contributed by atoms with Crippen LogP contribution in [0.4, 0.5) is 15.9 Å². The second kappa shape index (κ2) is 9.00. The monoisotopic (exact) mass is 558 g/mol. The Hall–Kier alpha value is -3.50. The van der Waals surface area contributed by atoms with E-state index in [4.69, 9.17) is 14.7 Å². The molecular formula is C31H35FN6O3. The maximum atomic E-state index is 14.9. The van der Waals surface area contributed by atoms with E-state index in [9.17, 15) is 14.3 Å². The van der Waals surface area contributed by atoms with Gasteiger partial charge in [0.15, 0.2) is 0 Å². The molecule has 0 saturated carbocycles. The van der Waals surface area contributed by atoms with E-state index in [1.165, 1.54) is 18.9 Å². The third-order valence-electron chi connectivity index (χ3n) is 10.1. The van der Waals surface area contributed by atoms with Crippen LogP contribution in [-0.2, 0) is 13.0 Å². The number of aryl methyl sites for hydroxylation is 1. The lowest BCUT2D eigenvalue weighted by Gasteiger charge is -2.56. The van der Waals surface area contributed by atoms with E-state index in [0.29, 0.717) is 58.1 Å². The van der Waals surface area contributed by atoms with Gasteiger partial charge in [-0.15, -0.1) is 0 Å². The van der Waals surface area contributed by atoms with Gasteiger partial charge in [-0.3, -0.25) is 9.69 Å². The molecule has 1 aromatic heterocycles. The number of amides is 1. The number of aromatic nitrogens is 2. The van der Waals surface area contributed by atoms with Crippen molar-refractivity contribution in [3.8, 4) is 11.8 Å². The molecule has 5 aliphatic heterocycles. The number of hydrogen-bond donors (Lipinski definition) is 2. The van der Waals surface area contributed by atoms with Gasteiger partial charge in [-0.05, 0) is 68.3 Å². The fraction of sp³-hybridized carbons (Fsp3) is 0.516. The molecule has 1 spiro atoms. The second-order valence-electron chi connectivity index (χ2n) is 12.7. The summed E-state index contributed by atoms with van der Waals surface area (Å²) in [5.41, 5.74) is 2.40. The molecule has 0 unspecified atom stereocenters. The molecule has 2 aromatic carbocycles. The predicted octanol–water partition coefficient (Wildman–Crippen LogP) is 3.61. The van der Waals surface area contributed by atoms with Crippen molar-refractivity contribution < 1.29 is 19.0 Å². The molecule has 4 saturated heterocycles. The Bertz CT molecular complexity index is 1570. The highest BCUT2D eigenvalue weighted by Crippen LogP contribution is 2.44. The number of nitrogens with zero attached hydrogens (tertiary/aromatic N) is 5. The lowest BCUT2D eigenvalue weighted by Crippen LogP contribution is -2.71. The van der Waals surface area contributed by atoms with Crippen LogP contribution < -0.4 is 19.9 Å². The predicted molar refractivity (Wildman–Crippen MR) is 153 cm³/mol. The van der Waals surface area contributed by atoms with Gasteiger partial charge in [0.05, 0.1) is 23.5 Å². The van der Waals surface area contributed by atoms with E-state index < -0.39 is 0 Å². The number of benzene rings is 2. The van der Waals surface area contributed by atoms with Crippen molar-refractivity contribution in [1.29, 1.82) is 0 Å². The summed E-state index contributed by atoms with van der Waals surface area (Å²) in [5, 5.41) is 15.3. The second-order valence-corrected chi connectivity index (χ2v) is 12.7. The van der Waals surface area contributed by atoms with Crippen molar-refractivity contribution in [3.63, 3.8) is 0 Å². The molecule has 0 aliphatic carbocycles. The maximum absolute atomic E-state index is 14.9. The Morgan fingerprint density at radius 2 is 1.90 bits per heavy atom. The summed E-state index contributed by atoms with van der Waals surface area (Å²) in [4.78, 5) is 30.2. The molecule has 10 heteroatoms. The Morgan fingerprint density at radius 1 is 1.12 bits per heavy atom. The summed E-state index contributed by atoms with van der Waals surface area (Å²) in [7, 11) is 0. The quantitative estimate of drug-likeness (QED) is 0.474. The van der Waals surface area contributed by atoms with E-state index in [1.54, 1.807) is 23.1 Å². The zero-order valence-electron chi connectivity index (χ0n) is 23.4. The molecule has 214 valence electrons. The lowest BCUT2D eigenvalue weighted by atomic mass is 9.74. The van der Waals surface area contributed by atoms with Crippen LogP contribution in [0.15, 0.2) is 24.3 Å². The molecule has 2 N–H and O–H groups in total. The van der Waals surface area contributed by atoms with Crippen LogP contribution in [0.2, 0.25) is 0 Å². The number of phenolic OH excluding ortho intramolecular Hbond substituents is 1. The van der Waals surface area contributed by atoms with Crippen LogP contribution in [-0.4, -0.2) is 77.3 Å². The van der Waals surface area contributed by atoms with E-state index in [0.717, 1.165) is 52.1 Å². The van der Waals surface area contributed by atoms with Crippen LogP contribution in [0.1, 0.15) is 54.2 Å². The van der Waals surface area contributed by atoms with E-state index >= 15 is 0 Å². The largest absolute Gasteiger partial charge is 0.508 e. The van der Waals surface area contributed by atoms with Gasteiger partial charge >= 0.3 is 6.01 Å². The van der Waals surface area contributed by atoms with Crippen molar-refractivity contribution in [1.82, 2.24) is 20.2 Å². The Morgan fingerprint density at radius 3 is 2.61 bits per heavy atom. The standard InChI is InChI=1S/C31H35FN6O3/c1-2-21-22(32)6-5-19-11-20(39)12-24(25(19)21)38-13-23-26(28(38)40)27(36-16-30(17-36)14-33-15-30)35-29(34-23)41-18-31-7-3-9-37(31)10-4-8-31/h5-6,11-12,33,39H,2-4,7-10,13-18H2,1H3. The highest BCUT2D eigenvalue weighted by Gasteiger charge is 2.50. The third kappa shape index (κ3) is 3.76. The number of ether oxygens (including phenoxy) is 1. The van der Waals surface area contributed by atoms with Crippen molar-refractivity contribution in [2.75, 3.05) is 55.7 Å². The van der Waals surface area contributed by atoms with Gasteiger partial charge < -0.3 is 25.0 Å². The van der Waals surface area contributed by atoms with E-state index in [-0.39, 0.29) is 35.0 Å². The normalized spacial score (nSPS) is 22.2. The molecule has 0 atom stereocenters. The molecular weight excluding hydrogens is 523 g/mol. The van der Waals surface area contributed by atoms with E-state index in [2.05, 4.69) is 15.1 Å². The van der Waals surface area contributed by atoms with Crippen LogP contribution in [0, 0.1) is 11.2 Å². The molecule has 9 nitrogen and oxygen atoms in total. The maximum Gasteiger partial charge on any atom is 0.318 e. The van der Waals surface area contributed by atoms with Crippen molar-refractivity contribution in [3.05, 3.63) is 46.9 Å². The minimum Gasteiger partial charge on any atom is -0.508 e. The number of carbonyl (C=O) groups is 1. The van der Waals surface area contributed by atoms with Gasteiger partial charge in [-0.25, -0.2) is 4.39 Å². The van der Waals surface area contributed by atoms with Crippen molar-refractivity contribution >= 4 is 28.2 Å². The highest BCUT2D eigenvalue weighted by atomic mass is 19.1. The first kappa shape index (κ1) is 25.2. The Balaban J connectivity index is 1.18. The highest BCUT2D eigenvalue weighted by molar-refractivity contribution is 6.16. The number of carbonyl (C=O) groups excluding carboxylic acids is 1. The summed E-state index contributed by atoms with van der Waals surface area (Å²) >= 11 is 0. The number of fused-ring (bicyclic) bond motifs is 3. The van der Waals surface area contributed by atoms with Gasteiger partial charge in [0.1, 0.15) is 29.6 Å². The third-order valence-corrected chi connectivity index (χ3v) is 10.1. The number of rotatable bonds is 6. The van der Waals surface area contributed by atoms with Crippen molar-refractivity contribution in [2.45, 2.75) is 51.1 Å². The van der Waals surface area contributed by atoms with Crippen LogP contribution in [0.25, 0.3) is 10.8 Å². The number of halogens is 1. The van der Waals surface area contributed by atoms with Gasteiger partial charge in [0.2, 0.25) is 0 Å². The summed E-state index contributed by atoms with van der Waals surface area (Å²) in [6.45, 7) is 8.48. The molecule has 0 bridgehead atoms. The molecule has 3 aromatic rings. The van der Waals surface area contributed by atoms with Crippen LogP contribution in [0.5, 0.6) is 11.8 Å². The minimum absolute atomic E-state index is 0.0272. The number of hydrogen-bond acceptors (Lipinski definition) is 8. The zero-order chi connectivity index (χ0) is 27.9. The SMILES string of the molecule is CCc1c(F)ccc2cc(O)cc(N3Cc4nc(OCC56CCCN5CCC6)nc(N5CC6(CNC6)C5)c4C3=O)c12. The topological polar surface area (TPSA) is 94.1 Å². The molecule has 6 heterocycles. The fourth-order valence-corrected chi connectivity index (χ4v) is 7.96.